The summed E-state index contributed by atoms with van der Waals surface area (Å²) in [5.41, 5.74) is 1.44. The molecule has 1 aromatic carbocycles. The number of hydrogen-bond acceptors (Lipinski definition) is 5. The fraction of sp³-hybridized carbons (Fsp3) is 0.529. The highest BCUT2D eigenvalue weighted by atomic mass is 32.1. The SMILES string of the molecule is CN1CCN(c2nc3ccc(NC(=O)C(C)(C)C)cc3s2)CC1. The van der Waals surface area contributed by atoms with Crippen molar-refractivity contribution < 1.29 is 4.79 Å². The predicted octanol–water partition coefficient (Wildman–Crippen LogP) is 3.03. The smallest absolute Gasteiger partial charge is 0.229 e. The number of hydrogen-bond donors (Lipinski definition) is 1. The Morgan fingerprint density at radius 2 is 1.91 bits per heavy atom. The number of anilines is 2. The number of rotatable bonds is 2. The van der Waals surface area contributed by atoms with E-state index in [0.29, 0.717) is 0 Å². The Balaban J connectivity index is 1.79. The van der Waals surface area contributed by atoms with Gasteiger partial charge in [0.15, 0.2) is 5.13 Å². The molecule has 0 bridgehead atoms. The van der Waals surface area contributed by atoms with Gasteiger partial charge in [0.25, 0.3) is 0 Å². The van der Waals surface area contributed by atoms with Crippen molar-refractivity contribution in [2.75, 3.05) is 43.4 Å². The van der Waals surface area contributed by atoms with Crippen LogP contribution < -0.4 is 10.2 Å². The minimum Gasteiger partial charge on any atom is -0.345 e. The summed E-state index contributed by atoms with van der Waals surface area (Å²) < 4.78 is 1.12. The number of nitrogens with one attached hydrogen (secondary N) is 1. The van der Waals surface area contributed by atoms with Crippen LogP contribution in [0, 0.1) is 5.41 Å². The Kier molecular flexibility index (Phi) is 4.29. The molecule has 0 saturated carbocycles. The van der Waals surface area contributed by atoms with Crippen LogP contribution in [0.1, 0.15) is 20.8 Å². The molecule has 1 aromatic heterocycles. The maximum Gasteiger partial charge on any atom is 0.229 e. The monoisotopic (exact) mass is 332 g/mol. The van der Waals surface area contributed by atoms with E-state index in [1.807, 2.05) is 39.0 Å². The van der Waals surface area contributed by atoms with Gasteiger partial charge >= 0.3 is 0 Å². The summed E-state index contributed by atoms with van der Waals surface area (Å²) >= 11 is 1.70. The van der Waals surface area contributed by atoms with Crippen molar-refractivity contribution >= 4 is 38.3 Å². The van der Waals surface area contributed by atoms with Crippen LogP contribution in [0.4, 0.5) is 10.8 Å². The lowest BCUT2D eigenvalue weighted by atomic mass is 9.95. The number of piperazine rings is 1. The van der Waals surface area contributed by atoms with E-state index >= 15 is 0 Å². The van der Waals surface area contributed by atoms with Gasteiger partial charge in [-0.1, -0.05) is 32.1 Å². The van der Waals surface area contributed by atoms with Gasteiger partial charge in [0.1, 0.15) is 0 Å². The highest BCUT2D eigenvalue weighted by Gasteiger charge is 2.22. The number of carbonyl (C=O) groups excluding carboxylic acids is 1. The summed E-state index contributed by atoms with van der Waals surface area (Å²) in [6, 6.07) is 5.94. The average Bonchev–Trinajstić information content (AvgIpc) is 2.90. The van der Waals surface area contributed by atoms with Gasteiger partial charge in [-0.15, -0.1) is 0 Å². The average molecular weight is 332 g/mol. The summed E-state index contributed by atoms with van der Waals surface area (Å²) in [7, 11) is 2.15. The minimum atomic E-state index is -0.395. The van der Waals surface area contributed by atoms with Crippen molar-refractivity contribution in [1.29, 1.82) is 0 Å². The Morgan fingerprint density at radius 3 is 2.57 bits per heavy atom. The fourth-order valence-electron chi connectivity index (χ4n) is 2.44. The molecular weight excluding hydrogens is 308 g/mol. The van der Waals surface area contributed by atoms with E-state index in [2.05, 4.69) is 22.2 Å². The second kappa shape index (κ2) is 6.09. The first-order chi connectivity index (χ1) is 10.8. The normalized spacial score (nSPS) is 16.8. The van der Waals surface area contributed by atoms with Crippen molar-refractivity contribution in [2.45, 2.75) is 20.8 Å². The third kappa shape index (κ3) is 3.64. The van der Waals surface area contributed by atoms with Gasteiger partial charge < -0.3 is 15.1 Å². The number of benzene rings is 1. The van der Waals surface area contributed by atoms with E-state index in [9.17, 15) is 4.79 Å². The Labute approximate surface area is 141 Å². The lowest BCUT2D eigenvalue weighted by Crippen LogP contribution is -2.44. The minimum absolute atomic E-state index is 0.0284. The van der Waals surface area contributed by atoms with Crippen LogP contribution in [-0.2, 0) is 4.79 Å². The first kappa shape index (κ1) is 16.2. The molecule has 1 fully saturated rings. The van der Waals surface area contributed by atoms with E-state index in [1.54, 1.807) is 11.3 Å². The molecule has 23 heavy (non-hydrogen) atoms. The van der Waals surface area contributed by atoms with Gasteiger partial charge in [0, 0.05) is 37.3 Å². The molecule has 3 rings (SSSR count). The predicted molar refractivity (Wildman–Crippen MR) is 97.4 cm³/mol. The number of nitrogens with zero attached hydrogens (tertiary/aromatic N) is 3. The van der Waals surface area contributed by atoms with Crippen molar-refractivity contribution in [3.8, 4) is 0 Å². The van der Waals surface area contributed by atoms with E-state index in [4.69, 9.17) is 4.98 Å². The lowest BCUT2D eigenvalue weighted by molar-refractivity contribution is -0.123. The standard InChI is InChI=1S/C17H24N4OS/c1-17(2,3)15(22)18-12-5-6-13-14(11-12)23-16(19-13)21-9-7-20(4)8-10-21/h5-6,11H,7-10H2,1-4H3,(H,18,22). The third-order valence-corrected chi connectivity index (χ3v) is 5.17. The molecule has 1 aliphatic heterocycles. The number of aromatic nitrogens is 1. The van der Waals surface area contributed by atoms with Crippen molar-refractivity contribution in [1.82, 2.24) is 9.88 Å². The molecule has 5 nitrogen and oxygen atoms in total. The van der Waals surface area contributed by atoms with Crippen molar-refractivity contribution in [3.05, 3.63) is 18.2 Å². The molecule has 1 amide bonds. The van der Waals surface area contributed by atoms with Crippen LogP contribution in [0.15, 0.2) is 18.2 Å². The molecule has 1 N–H and O–H groups in total. The van der Waals surface area contributed by atoms with Crippen molar-refractivity contribution in [2.24, 2.45) is 5.41 Å². The summed E-state index contributed by atoms with van der Waals surface area (Å²) in [6.07, 6.45) is 0. The quantitative estimate of drug-likeness (QED) is 0.918. The molecule has 1 saturated heterocycles. The number of amides is 1. The molecular formula is C17H24N4OS. The highest BCUT2D eigenvalue weighted by molar-refractivity contribution is 7.22. The van der Waals surface area contributed by atoms with Gasteiger partial charge in [-0.3, -0.25) is 4.79 Å². The van der Waals surface area contributed by atoms with Gasteiger partial charge in [-0.25, -0.2) is 4.98 Å². The van der Waals surface area contributed by atoms with Gasteiger partial charge in [0.05, 0.1) is 10.2 Å². The number of carbonyl (C=O) groups is 1. The van der Waals surface area contributed by atoms with Crippen LogP contribution in [-0.4, -0.2) is 49.0 Å². The molecule has 1 aliphatic rings. The second-order valence-electron chi connectivity index (χ2n) is 7.17. The van der Waals surface area contributed by atoms with Crippen molar-refractivity contribution in [3.63, 3.8) is 0 Å². The molecule has 0 atom stereocenters. The number of thiazole rings is 1. The Bertz CT molecular complexity index is 711. The summed E-state index contributed by atoms with van der Waals surface area (Å²) in [6.45, 7) is 9.93. The van der Waals surface area contributed by atoms with E-state index in [-0.39, 0.29) is 5.91 Å². The largest absolute Gasteiger partial charge is 0.345 e. The van der Waals surface area contributed by atoms with Gasteiger partial charge in [-0.2, -0.15) is 0 Å². The van der Waals surface area contributed by atoms with Crippen LogP contribution in [0.5, 0.6) is 0 Å². The maximum absolute atomic E-state index is 12.1. The molecule has 0 unspecified atom stereocenters. The maximum atomic E-state index is 12.1. The van der Waals surface area contributed by atoms with E-state index in [0.717, 1.165) is 47.2 Å². The topological polar surface area (TPSA) is 48.5 Å². The molecule has 124 valence electrons. The van der Waals surface area contributed by atoms with Gasteiger partial charge in [-0.05, 0) is 25.2 Å². The Morgan fingerprint density at radius 1 is 1.22 bits per heavy atom. The number of fused-ring (bicyclic) bond motifs is 1. The molecule has 2 aromatic rings. The molecule has 6 heteroatoms. The summed E-state index contributed by atoms with van der Waals surface area (Å²) in [4.78, 5) is 21.5. The summed E-state index contributed by atoms with van der Waals surface area (Å²) in [5.74, 6) is 0.0284. The highest BCUT2D eigenvalue weighted by Crippen LogP contribution is 2.31. The molecule has 0 radical (unpaired) electrons. The molecule has 2 heterocycles. The lowest BCUT2D eigenvalue weighted by Gasteiger charge is -2.31. The fourth-order valence-corrected chi connectivity index (χ4v) is 3.50. The second-order valence-corrected chi connectivity index (χ2v) is 8.18. The Hall–Kier alpha value is -1.66. The van der Waals surface area contributed by atoms with E-state index in [1.165, 1.54) is 0 Å². The zero-order valence-corrected chi connectivity index (χ0v) is 15.0. The van der Waals surface area contributed by atoms with Crippen LogP contribution >= 0.6 is 11.3 Å². The molecule has 0 aliphatic carbocycles. The van der Waals surface area contributed by atoms with Crippen LogP contribution in [0.3, 0.4) is 0 Å². The van der Waals surface area contributed by atoms with Crippen LogP contribution in [0.25, 0.3) is 10.2 Å². The number of likely N-dealkylation sites (N-methyl/N-ethyl adjacent to an activating group) is 1. The van der Waals surface area contributed by atoms with Gasteiger partial charge in [0.2, 0.25) is 5.91 Å². The first-order valence-corrected chi connectivity index (χ1v) is 8.80. The summed E-state index contributed by atoms with van der Waals surface area (Å²) in [5, 5.41) is 4.06. The van der Waals surface area contributed by atoms with Crippen LogP contribution in [0.2, 0.25) is 0 Å². The molecule has 0 spiro atoms. The zero-order chi connectivity index (χ0) is 16.6. The van der Waals surface area contributed by atoms with E-state index < -0.39 is 5.41 Å². The zero-order valence-electron chi connectivity index (χ0n) is 14.2. The first-order valence-electron chi connectivity index (χ1n) is 7.98. The third-order valence-electron chi connectivity index (χ3n) is 4.09.